The van der Waals surface area contributed by atoms with Crippen LogP contribution in [-0.2, 0) is 4.79 Å². The Morgan fingerprint density at radius 2 is 2.00 bits per heavy atom. The number of carbonyl (C=O) groups is 2. The van der Waals surface area contributed by atoms with E-state index in [-0.39, 0.29) is 27.3 Å². The van der Waals surface area contributed by atoms with E-state index in [1.165, 1.54) is 0 Å². The quantitative estimate of drug-likeness (QED) is 0.757. The molecule has 0 aliphatic rings. The summed E-state index contributed by atoms with van der Waals surface area (Å²) in [6, 6.07) is 0. The van der Waals surface area contributed by atoms with Crippen molar-refractivity contribution in [2.75, 3.05) is 6.54 Å². The molecule has 0 saturated heterocycles. The highest BCUT2D eigenvalue weighted by atomic mass is 35.5. The summed E-state index contributed by atoms with van der Waals surface area (Å²) < 4.78 is 0. The number of nitrogens with one attached hydrogen (secondary N) is 1. The molecule has 18 heavy (non-hydrogen) atoms. The Hall–Kier alpha value is -1.08. The zero-order valence-electron chi connectivity index (χ0n) is 8.78. The minimum Gasteiger partial charge on any atom is -0.381 e. The van der Waals surface area contributed by atoms with Crippen molar-refractivity contribution in [1.82, 2.24) is 10.3 Å². The summed E-state index contributed by atoms with van der Waals surface area (Å²) in [4.78, 5) is 25.9. The fraction of sp³-hybridized carbons (Fsp3) is 0.222. The molecular weight excluding hydrogens is 304 g/mol. The van der Waals surface area contributed by atoms with E-state index in [1.54, 1.807) is 0 Å². The number of aliphatic hydroxyl groups excluding tert-OH is 1. The second-order valence-corrected chi connectivity index (χ2v) is 4.37. The molecule has 0 fully saturated rings. The third-order valence-corrected chi connectivity index (χ3v) is 3.16. The Labute approximate surface area is 117 Å². The van der Waals surface area contributed by atoms with Crippen molar-refractivity contribution < 1.29 is 14.7 Å². The van der Waals surface area contributed by atoms with Crippen molar-refractivity contribution >= 4 is 46.6 Å². The number of carbonyl (C=O) groups excluding carboxylic acids is 2. The lowest BCUT2D eigenvalue weighted by Gasteiger charge is -2.09. The van der Waals surface area contributed by atoms with Crippen molar-refractivity contribution in [3.8, 4) is 0 Å². The van der Waals surface area contributed by atoms with Gasteiger partial charge in [0.1, 0.15) is 11.8 Å². The fourth-order valence-electron chi connectivity index (χ4n) is 0.975. The van der Waals surface area contributed by atoms with Gasteiger partial charge in [-0.05, 0) is 0 Å². The lowest BCUT2D eigenvalue weighted by Crippen LogP contribution is -2.40. The maximum atomic E-state index is 11.6. The third-order valence-electron chi connectivity index (χ3n) is 1.92. The predicted molar refractivity (Wildman–Crippen MR) is 66.8 cm³/mol. The third kappa shape index (κ3) is 3.46. The van der Waals surface area contributed by atoms with E-state index in [2.05, 4.69) is 10.3 Å². The van der Waals surface area contributed by atoms with Crippen molar-refractivity contribution in [2.24, 2.45) is 5.73 Å². The molecule has 1 aromatic heterocycles. The average Bonchev–Trinajstić information content (AvgIpc) is 2.32. The maximum absolute atomic E-state index is 11.6. The van der Waals surface area contributed by atoms with Gasteiger partial charge in [-0.3, -0.25) is 9.59 Å². The van der Waals surface area contributed by atoms with Crippen molar-refractivity contribution in [3.05, 3.63) is 27.0 Å². The van der Waals surface area contributed by atoms with Crippen LogP contribution in [-0.4, -0.2) is 34.6 Å². The monoisotopic (exact) mass is 311 g/mol. The van der Waals surface area contributed by atoms with E-state index in [4.69, 9.17) is 45.6 Å². The predicted octanol–water partition coefficient (Wildman–Crippen LogP) is 0.618. The molecule has 0 saturated carbocycles. The first-order chi connectivity index (χ1) is 8.34. The number of pyridine rings is 1. The molecule has 0 spiro atoms. The second-order valence-electron chi connectivity index (χ2n) is 3.21. The van der Waals surface area contributed by atoms with Crippen LogP contribution >= 0.6 is 34.8 Å². The molecule has 1 rings (SSSR count). The molecule has 2 amide bonds. The van der Waals surface area contributed by atoms with E-state index < -0.39 is 17.9 Å². The zero-order chi connectivity index (χ0) is 13.9. The first-order valence-electron chi connectivity index (χ1n) is 4.59. The largest absolute Gasteiger partial charge is 0.381 e. The zero-order valence-corrected chi connectivity index (χ0v) is 11.1. The van der Waals surface area contributed by atoms with Crippen LogP contribution in [0.3, 0.4) is 0 Å². The van der Waals surface area contributed by atoms with Gasteiger partial charge in [0.2, 0.25) is 5.91 Å². The highest BCUT2D eigenvalue weighted by Crippen LogP contribution is 2.30. The Bertz CT molecular complexity index is 495. The molecule has 0 radical (unpaired) electrons. The van der Waals surface area contributed by atoms with E-state index in [9.17, 15) is 9.59 Å². The number of nitrogens with two attached hydrogens (primary N) is 1. The van der Waals surface area contributed by atoms with Gasteiger partial charge in [-0.1, -0.05) is 34.8 Å². The number of primary amides is 1. The molecule has 0 aromatic carbocycles. The Balaban J connectivity index is 2.80. The van der Waals surface area contributed by atoms with Crippen LogP contribution in [0.15, 0.2) is 6.20 Å². The molecule has 1 heterocycles. The summed E-state index contributed by atoms with van der Waals surface area (Å²) in [5.41, 5.74) is 4.65. The van der Waals surface area contributed by atoms with Crippen LogP contribution in [0.2, 0.25) is 15.1 Å². The molecular formula is C9H8Cl3N3O3. The number of rotatable bonds is 4. The van der Waals surface area contributed by atoms with Crippen LogP contribution in [0.1, 0.15) is 10.5 Å². The Morgan fingerprint density at radius 1 is 1.39 bits per heavy atom. The summed E-state index contributed by atoms with van der Waals surface area (Å²) >= 11 is 17.2. The molecule has 0 aliphatic heterocycles. The van der Waals surface area contributed by atoms with Gasteiger partial charge in [-0.15, -0.1) is 0 Å². The molecule has 1 aromatic rings. The van der Waals surface area contributed by atoms with E-state index in [0.29, 0.717) is 0 Å². The van der Waals surface area contributed by atoms with Gasteiger partial charge in [0.05, 0.1) is 21.6 Å². The average molecular weight is 313 g/mol. The molecule has 6 nitrogen and oxygen atoms in total. The molecule has 98 valence electrons. The van der Waals surface area contributed by atoms with E-state index in [1.807, 2.05) is 0 Å². The standard InChI is InChI=1S/C9H8Cl3N3O3/c10-3-1-14-7(6(12)5(3)11)9(18)15-2-4(16)8(13)17/h1,4,16H,2H2,(H2,13,17)(H,15,18). The van der Waals surface area contributed by atoms with Gasteiger partial charge in [0.15, 0.2) is 0 Å². The van der Waals surface area contributed by atoms with Gasteiger partial charge in [0.25, 0.3) is 5.91 Å². The molecule has 0 bridgehead atoms. The SMILES string of the molecule is NC(=O)C(O)CNC(=O)c1ncc(Cl)c(Cl)c1Cl. The number of aromatic nitrogens is 1. The molecule has 1 unspecified atom stereocenters. The van der Waals surface area contributed by atoms with Crippen LogP contribution < -0.4 is 11.1 Å². The van der Waals surface area contributed by atoms with E-state index in [0.717, 1.165) is 6.20 Å². The highest BCUT2D eigenvalue weighted by Gasteiger charge is 2.18. The van der Waals surface area contributed by atoms with Gasteiger partial charge in [-0.2, -0.15) is 0 Å². The summed E-state index contributed by atoms with van der Waals surface area (Å²) in [7, 11) is 0. The van der Waals surface area contributed by atoms with Gasteiger partial charge >= 0.3 is 0 Å². The summed E-state index contributed by atoms with van der Waals surface area (Å²) in [6.45, 7) is -0.355. The Kier molecular flexibility index (Phi) is 5.15. The van der Waals surface area contributed by atoms with Crippen LogP contribution in [0, 0.1) is 0 Å². The van der Waals surface area contributed by atoms with Gasteiger partial charge < -0.3 is 16.2 Å². The minimum absolute atomic E-state index is 0.00562. The topological polar surface area (TPSA) is 105 Å². The van der Waals surface area contributed by atoms with E-state index >= 15 is 0 Å². The molecule has 9 heteroatoms. The molecule has 1 atom stereocenters. The minimum atomic E-state index is -1.49. The van der Waals surface area contributed by atoms with Crippen LogP contribution in [0.5, 0.6) is 0 Å². The highest BCUT2D eigenvalue weighted by molar-refractivity contribution is 6.48. The van der Waals surface area contributed by atoms with Gasteiger partial charge in [-0.25, -0.2) is 4.98 Å². The molecule has 0 aliphatic carbocycles. The summed E-state index contributed by atoms with van der Waals surface area (Å²) in [5.74, 6) is -1.66. The van der Waals surface area contributed by atoms with Crippen molar-refractivity contribution in [1.29, 1.82) is 0 Å². The maximum Gasteiger partial charge on any atom is 0.271 e. The smallest absolute Gasteiger partial charge is 0.271 e. The first kappa shape index (κ1) is 15.0. The summed E-state index contributed by atoms with van der Waals surface area (Å²) in [6.07, 6.45) is -0.328. The number of aliphatic hydroxyl groups is 1. The Morgan fingerprint density at radius 3 is 2.56 bits per heavy atom. The number of hydrogen-bond acceptors (Lipinski definition) is 4. The van der Waals surface area contributed by atoms with Crippen LogP contribution in [0.25, 0.3) is 0 Å². The molecule has 4 N–H and O–H groups in total. The second kappa shape index (κ2) is 6.19. The van der Waals surface area contributed by atoms with Crippen molar-refractivity contribution in [3.63, 3.8) is 0 Å². The lowest BCUT2D eigenvalue weighted by molar-refractivity contribution is -0.125. The number of nitrogens with zero attached hydrogens (tertiary/aromatic N) is 1. The number of halogens is 3. The number of amides is 2. The number of hydrogen-bond donors (Lipinski definition) is 3. The summed E-state index contributed by atoms with van der Waals surface area (Å²) in [5, 5.41) is 11.3. The van der Waals surface area contributed by atoms with Crippen LogP contribution in [0.4, 0.5) is 0 Å². The lowest BCUT2D eigenvalue weighted by atomic mass is 10.3. The van der Waals surface area contributed by atoms with Crippen molar-refractivity contribution in [2.45, 2.75) is 6.10 Å². The fourth-order valence-corrected chi connectivity index (χ4v) is 1.54. The normalized spacial score (nSPS) is 12.0. The van der Waals surface area contributed by atoms with Gasteiger partial charge in [0, 0.05) is 6.20 Å². The first-order valence-corrected chi connectivity index (χ1v) is 5.73.